The third-order valence-electron chi connectivity index (χ3n) is 3.48. The van der Waals surface area contributed by atoms with Gasteiger partial charge in [-0.15, -0.1) is 0 Å². The van der Waals surface area contributed by atoms with Crippen molar-refractivity contribution >= 4 is 23.9 Å². The second-order valence-corrected chi connectivity index (χ2v) is 7.18. The van der Waals surface area contributed by atoms with Crippen LogP contribution in [0.5, 0.6) is 0 Å². The normalized spacial score (nSPS) is 11.7. The maximum Gasteiger partial charge on any atom is 0.407 e. The lowest BCUT2D eigenvalue weighted by Crippen LogP contribution is -2.46. The highest BCUT2D eigenvalue weighted by atomic mass is 16.6. The first-order chi connectivity index (χ1) is 13.6. The highest BCUT2D eigenvalue weighted by Crippen LogP contribution is 2.10. The van der Waals surface area contributed by atoms with Crippen molar-refractivity contribution in [3.63, 3.8) is 0 Å². The van der Waals surface area contributed by atoms with E-state index in [1.165, 1.54) is 7.11 Å². The third-order valence-corrected chi connectivity index (χ3v) is 3.48. The molecule has 0 unspecified atom stereocenters. The Hall–Kier alpha value is -3.10. The number of ether oxygens (including phenoxy) is 3. The van der Waals surface area contributed by atoms with Crippen LogP contribution >= 0.6 is 0 Å². The number of rotatable bonds is 9. The lowest BCUT2D eigenvalue weighted by atomic mass is 10.1. The van der Waals surface area contributed by atoms with Gasteiger partial charge in [0, 0.05) is 6.42 Å². The average Bonchev–Trinajstić information content (AvgIpc) is 2.66. The summed E-state index contributed by atoms with van der Waals surface area (Å²) >= 11 is 0. The number of alkyl carbamates (subject to hydrolysis) is 1. The maximum absolute atomic E-state index is 12.0. The highest BCUT2D eigenvalue weighted by Gasteiger charge is 2.24. The van der Waals surface area contributed by atoms with Gasteiger partial charge >= 0.3 is 18.0 Å². The molecule has 2 N–H and O–H groups in total. The number of nitrogens with one attached hydrogen (secondary N) is 2. The molecule has 9 nitrogen and oxygen atoms in total. The van der Waals surface area contributed by atoms with Gasteiger partial charge in [0.15, 0.2) is 0 Å². The number of carbonyl (C=O) groups is 4. The van der Waals surface area contributed by atoms with Crippen molar-refractivity contribution in [2.24, 2.45) is 0 Å². The molecule has 0 saturated carbocycles. The van der Waals surface area contributed by atoms with Crippen LogP contribution in [0, 0.1) is 0 Å². The number of hydrogen-bond donors (Lipinski definition) is 2. The second-order valence-electron chi connectivity index (χ2n) is 7.18. The Balaban J connectivity index is 2.42. The van der Waals surface area contributed by atoms with E-state index in [0.29, 0.717) is 0 Å². The SMILES string of the molecule is COC(=O)[C@@H](CCC(=O)OC(C)(C)C)NC(=O)CNC(=O)OCc1ccccc1. The number of amides is 2. The predicted molar refractivity (Wildman–Crippen MR) is 104 cm³/mol. The maximum atomic E-state index is 12.0. The van der Waals surface area contributed by atoms with Gasteiger partial charge in [-0.1, -0.05) is 30.3 Å². The van der Waals surface area contributed by atoms with E-state index in [-0.39, 0.29) is 19.4 Å². The molecule has 0 aliphatic rings. The van der Waals surface area contributed by atoms with E-state index in [1.54, 1.807) is 32.9 Å². The van der Waals surface area contributed by atoms with Crippen molar-refractivity contribution in [2.75, 3.05) is 13.7 Å². The molecule has 0 aliphatic carbocycles. The molecule has 1 aromatic carbocycles. The molecular formula is C20H28N2O7. The fourth-order valence-electron chi connectivity index (χ4n) is 2.22. The van der Waals surface area contributed by atoms with Crippen LogP contribution in [0.3, 0.4) is 0 Å². The molecule has 0 spiro atoms. The summed E-state index contributed by atoms with van der Waals surface area (Å²) in [6.45, 7) is 4.86. The summed E-state index contributed by atoms with van der Waals surface area (Å²) in [4.78, 5) is 47.3. The number of esters is 2. The van der Waals surface area contributed by atoms with Gasteiger partial charge in [0.1, 0.15) is 24.8 Å². The number of carbonyl (C=O) groups excluding carboxylic acids is 4. The lowest BCUT2D eigenvalue weighted by Gasteiger charge is -2.21. The predicted octanol–water partition coefficient (Wildman–Crippen LogP) is 1.69. The molecule has 0 aliphatic heterocycles. The molecular weight excluding hydrogens is 380 g/mol. The monoisotopic (exact) mass is 408 g/mol. The molecule has 9 heteroatoms. The van der Waals surface area contributed by atoms with E-state index in [0.717, 1.165) is 5.56 Å². The van der Waals surface area contributed by atoms with Crippen molar-refractivity contribution in [3.8, 4) is 0 Å². The lowest BCUT2D eigenvalue weighted by molar-refractivity contribution is -0.155. The Labute approximate surface area is 170 Å². The fourth-order valence-corrected chi connectivity index (χ4v) is 2.22. The van der Waals surface area contributed by atoms with Crippen LogP contribution in [-0.2, 0) is 35.2 Å². The molecule has 0 aromatic heterocycles. The van der Waals surface area contributed by atoms with E-state index in [2.05, 4.69) is 15.4 Å². The van der Waals surface area contributed by atoms with Crippen molar-refractivity contribution in [2.45, 2.75) is 51.9 Å². The van der Waals surface area contributed by atoms with Crippen molar-refractivity contribution in [3.05, 3.63) is 35.9 Å². The summed E-state index contributed by atoms with van der Waals surface area (Å²) in [5.41, 5.74) is 0.158. The smallest absolute Gasteiger partial charge is 0.407 e. The molecule has 160 valence electrons. The Morgan fingerprint density at radius 2 is 1.72 bits per heavy atom. The van der Waals surface area contributed by atoms with Crippen LogP contribution in [0.4, 0.5) is 4.79 Å². The van der Waals surface area contributed by atoms with Crippen LogP contribution < -0.4 is 10.6 Å². The Bertz CT molecular complexity index is 699. The number of benzene rings is 1. The highest BCUT2D eigenvalue weighted by molar-refractivity contribution is 5.87. The minimum atomic E-state index is -1.04. The quantitative estimate of drug-likeness (QED) is 0.471. The zero-order valence-corrected chi connectivity index (χ0v) is 17.2. The van der Waals surface area contributed by atoms with Gasteiger partial charge in [-0.3, -0.25) is 9.59 Å². The molecule has 0 saturated heterocycles. The van der Waals surface area contributed by atoms with E-state index in [1.807, 2.05) is 18.2 Å². The first-order valence-corrected chi connectivity index (χ1v) is 9.14. The summed E-state index contributed by atoms with van der Waals surface area (Å²) in [6.07, 6.45) is -0.845. The first-order valence-electron chi connectivity index (χ1n) is 9.14. The summed E-state index contributed by atoms with van der Waals surface area (Å²) in [5.74, 6) is -1.82. The van der Waals surface area contributed by atoms with Crippen molar-refractivity contribution < 1.29 is 33.4 Å². The van der Waals surface area contributed by atoms with Crippen molar-refractivity contribution in [1.29, 1.82) is 0 Å². The van der Waals surface area contributed by atoms with Gasteiger partial charge in [0.25, 0.3) is 0 Å². The summed E-state index contributed by atoms with van der Waals surface area (Å²) < 4.78 is 14.8. The van der Waals surface area contributed by atoms with Gasteiger partial charge in [-0.2, -0.15) is 0 Å². The fraction of sp³-hybridized carbons (Fsp3) is 0.500. The Morgan fingerprint density at radius 3 is 2.31 bits per heavy atom. The topological polar surface area (TPSA) is 120 Å². The van der Waals surface area contributed by atoms with Crippen LogP contribution in [0.15, 0.2) is 30.3 Å². The molecule has 1 aromatic rings. The van der Waals surface area contributed by atoms with E-state index in [4.69, 9.17) is 9.47 Å². The molecule has 1 atom stereocenters. The number of methoxy groups -OCH3 is 1. The summed E-state index contributed by atoms with van der Waals surface area (Å²) in [7, 11) is 1.17. The van der Waals surface area contributed by atoms with Crippen molar-refractivity contribution in [1.82, 2.24) is 10.6 Å². The molecule has 0 radical (unpaired) electrons. The summed E-state index contributed by atoms with van der Waals surface area (Å²) in [6, 6.07) is 8.02. The summed E-state index contributed by atoms with van der Waals surface area (Å²) in [5, 5.41) is 4.72. The zero-order valence-electron chi connectivity index (χ0n) is 17.2. The minimum Gasteiger partial charge on any atom is -0.467 e. The van der Waals surface area contributed by atoms with E-state index < -0.39 is 42.1 Å². The molecule has 0 fully saturated rings. The van der Waals surface area contributed by atoms with Gasteiger partial charge in [0.2, 0.25) is 5.91 Å². The van der Waals surface area contributed by atoms with Gasteiger partial charge < -0.3 is 24.8 Å². The van der Waals surface area contributed by atoms with E-state index in [9.17, 15) is 19.2 Å². The van der Waals surface area contributed by atoms with E-state index >= 15 is 0 Å². The molecule has 0 bridgehead atoms. The average molecular weight is 408 g/mol. The Kier molecular flexibility index (Phi) is 9.64. The minimum absolute atomic E-state index is 0.00573. The Morgan fingerprint density at radius 1 is 1.07 bits per heavy atom. The van der Waals surface area contributed by atoms with Crippen LogP contribution in [-0.4, -0.2) is 49.2 Å². The van der Waals surface area contributed by atoms with Gasteiger partial charge in [-0.05, 0) is 32.8 Å². The third kappa shape index (κ3) is 10.7. The number of hydrogen-bond acceptors (Lipinski definition) is 7. The first kappa shape index (κ1) is 23.9. The van der Waals surface area contributed by atoms with Crippen LogP contribution in [0.2, 0.25) is 0 Å². The van der Waals surface area contributed by atoms with Gasteiger partial charge in [0.05, 0.1) is 7.11 Å². The molecule has 1 rings (SSSR count). The molecule has 0 heterocycles. The van der Waals surface area contributed by atoms with Gasteiger partial charge in [-0.25, -0.2) is 9.59 Å². The molecule has 2 amide bonds. The zero-order chi connectivity index (χ0) is 21.9. The van der Waals surface area contributed by atoms with Crippen LogP contribution in [0.25, 0.3) is 0 Å². The molecule has 29 heavy (non-hydrogen) atoms. The standard InChI is InChI=1S/C20H28N2O7/c1-20(2,3)29-17(24)11-10-15(18(25)27-4)22-16(23)12-21-19(26)28-13-14-8-6-5-7-9-14/h5-9,15H,10-13H2,1-4H3,(H,21,26)(H,22,23)/t15-/m1/s1. The largest absolute Gasteiger partial charge is 0.467 e. The van der Waals surface area contributed by atoms with Crippen LogP contribution in [0.1, 0.15) is 39.2 Å². The second kappa shape index (κ2) is 11.7.